The van der Waals surface area contributed by atoms with Gasteiger partial charge in [0.25, 0.3) is 5.91 Å². The number of rotatable bonds is 4. The number of anilines is 1. The Labute approximate surface area is 194 Å². The molecule has 32 heavy (non-hydrogen) atoms. The largest absolute Gasteiger partial charge is 0.367 e. The molecule has 1 amide bonds. The van der Waals surface area contributed by atoms with E-state index in [4.69, 9.17) is 11.6 Å². The van der Waals surface area contributed by atoms with Crippen LogP contribution in [0.25, 0.3) is 10.2 Å². The number of carbonyl (C=O) groups excluding carboxylic acids is 1. The van der Waals surface area contributed by atoms with E-state index in [1.807, 2.05) is 46.8 Å². The predicted molar refractivity (Wildman–Crippen MR) is 127 cm³/mol. The fourth-order valence-corrected chi connectivity index (χ4v) is 5.49. The Morgan fingerprint density at radius 3 is 2.53 bits per heavy atom. The van der Waals surface area contributed by atoms with Gasteiger partial charge in [0, 0.05) is 31.6 Å². The number of benzene rings is 2. The van der Waals surface area contributed by atoms with Crippen molar-refractivity contribution in [3.63, 3.8) is 0 Å². The van der Waals surface area contributed by atoms with Crippen molar-refractivity contribution in [2.75, 3.05) is 31.1 Å². The molecule has 0 N–H and O–H groups in total. The summed E-state index contributed by atoms with van der Waals surface area (Å²) in [6, 6.07) is 16.2. The van der Waals surface area contributed by atoms with E-state index in [0.717, 1.165) is 50.2 Å². The van der Waals surface area contributed by atoms with Gasteiger partial charge in [0.1, 0.15) is 10.6 Å². The number of piperazine rings is 1. The summed E-state index contributed by atoms with van der Waals surface area (Å²) in [6.45, 7) is 5.29. The number of hydrogen-bond acceptors (Lipinski definition) is 4. The van der Waals surface area contributed by atoms with E-state index in [2.05, 4.69) is 10.00 Å². The second kappa shape index (κ2) is 8.56. The van der Waals surface area contributed by atoms with Gasteiger partial charge in [0.05, 0.1) is 27.8 Å². The van der Waals surface area contributed by atoms with Crippen molar-refractivity contribution in [3.05, 3.63) is 81.6 Å². The van der Waals surface area contributed by atoms with Crippen molar-refractivity contribution >= 4 is 44.7 Å². The summed E-state index contributed by atoms with van der Waals surface area (Å²) >= 11 is 7.80. The second-order valence-electron chi connectivity index (χ2n) is 7.93. The molecule has 0 bridgehead atoms. The van der Waals surface area contributed by atoms with Gasteiger partial charge in [-0.15, -0.1) is 11.3 Å². The molecule has 1 aliphatic rings. The van der Waals surface area contributed by atoms with Crippen LogP contribution in [0, 0.1) is 12.7 Å². The molecule has 164 valence electrons. The SMILES string of the molecule is Cc1nn(Cc2ccc(F)cc2)c2sc(C(=O)N3CCN(c4ccccc4Cl)CC3)cc12. The summed E-state index contributed by atoms with van der Waals surface area (Å²) < 4.78 is 15.1. The van der Waals surface area contributed by atoms with Crippen molar-refractivity contribution in [1.29, 1.82) is 0 Å². The molecule has 5 rings (SSSR count). The highest BCUT2D eigenvalue weighted by molar-refractivity contribution is 7.20. The minimum absolute atomic E-state index is 0.0535. The Balaban J connectivity index is 1.32. The second-order valence-corrected chi connectivity index (χ2v) is 9.37. The highest BCUT2D eigenvalue weighted by atomic mass is 35.5. The highest BCUT2D eigenvalue weighted by Crippen LogP contribution is 2.31. The van der Waals surface area contributed by atoms with Crippen LogP contribution in [0.4, 0.5) is 10.1 Å². The Hall–Kier alpha value is -2.90. The first kappa shape index (κ1) is 21.0. The van der Waals surface area contributed by atoms with Crippen LogP contribution in [0.2, 0.25) is 5.02 Å². The molecule has 2 aromatic heterocycles. The van der Waals surface area contributed by atoms with E-state index in [1.165, 1.54) is 23.5 Å². The number of nitrogens with zero attached hydrogens (tertiary/aromatic N) is 4. The first-order valence-electron chi connectivity index (χ1n) is 10.5. The molecule has 1 fully saturated rings. The van der Waals surface area contributed by atoms with Crippen molar-refractivity contribution in [2.45, 2.75) is 13.5 Å². The number of carbonyl (C=O) groups is 1. The third-order valence-electron chi connectivity index (χ3n) is 5.82. The summed E-state index contributed by atoms with van der Waals surface area (Å²) in [4.78, 5) is 19.0. The molecule has 1 aliphatic heterocycles. The van der Waals surface area contributed by atoms with Crippen molar-refractivity contribution in [2.24, 2.45) is 0 Å². The third kappa shape index (κ3) is 3.98. The zero-order chi connectivity index (χ0) is 22.2. The van der Waals surface area contributed by atoms with Gasteiger partial charge in [0.2, 0.25) is 0 Å². The number of thiophene rings is 1. The predicted octanol–water partition coefficient (Wildman–Crippen LogP) is 5.21. The molecular formula is C24H22ClFN4OS. The molecule has 2 aromatic carbocycles. The summed E-state index contributed by atoms with van der Waals surface area (Å²) in [5.74, 6) is -0.202. The van der Waals surface area contributed by atoms with Crippen LogP contribution < -0.4 is 4.90 Å². The van der Waals surface area contributed by atoms with Gasteiger partial charge in [-0.3, -0.25) is 9.48 Å². The number of hydrogen-bond donors (Lipinski definition) is 0. The normalized spacial score (nSPS) is 14.3. The van der Waals surface area contributed by atoms with Crippen LogP contribution in [-0.4, -0.2) is 46.8 Å². The number of halogens is 2. The summed E-state index contributed by atoms with van der Waals surface area (Å²) in [5, 5.41) is 6.35. The maximum absolute atomic E-state index is 13.2. The van der Waals surface area contributed by atoms with E-state index >= 15 is 0 Å². The molecule has 3 heterocycles. The smallest absolute Gasteiger partial charge is 0.264 e. The van der Waals surface area contributed by atoms with Gasteiger partial charge in [-0.05, 0) is 42.8 Å². The summed E-state index contributed by atoms with van der Waals surface area (Å²) in [5.41, 5.74) is 2.87. The van der Waals surface area contributed by atoms with Crippen molar-refractivity contribution in [3.8, 4) is 0 Å². The molecule has 0 radical (unpaired) electrons. The number of aryl methyl sites for hydroxylation is 1. The monoisotopic (exact) mass is 468 g/mol. The Morgan fingerprint density at radius 2 is 1.81 bits per heavy atom. The molecule has 5 nitrogen and oxygen atoms in total. The molecule has 0 spiro atoms. The van der Waals surface area contributed by atoms with Gasteiger partial charge in [-0.2, -0.15) is 5.10 Å². The zero-order valence-electron chi connectivity index (χ0n) is 17.6. The Kier molecular flexibility index (Phi) is 5.61. The number of amides is 1. The minimum atomic E-state index is -0.255. The summed E-state index contributed by atoms with van der Waals surface area (Å²) in [6.07, 6.45) is 0. The Bertz CT molecular complexity index is 1280. The molecule has 0 atom stereocenters. The third-order valence-corrected chi connectivity index (χ3v) is 7.28. The average Bonchev–Trinajstić information content (AvgIpc) is 3.36. The van der Waals surface area contributed by atoms with E-state index in [1.54, 1.807) is 12.1 Å². The Morgan fingerprint density at radius 1 is 1.09 bits per heavy atom. The average molecular weight is 469 g/mol. The fraction of sp³-hybridized carbons (Fsp3) is 0.250. The summed E-state index contributed by atoms with van der Waals surface area (Å²) in [7, 11) is 0. The molecular weight excluding hydrogens is 447 g/mol. The van der Waals surface area contributed by atoms with Gasteiger partial charge in [-0.25, -0.2) is 4.39 Å². The van der Waals surface area contributed by atoms with Crippen LogP contribution in [-0.2, 0) is 6.54 Å². The molecule has 0 saturated carbocycles. The standard InChI is InChI=1S/C24H22ClFN4OS/c1-16-19-14-22(32-24(19)30(27-16)15-17-6-8-18(26)9-7-17)23(31)29-12-10-28(11-13-29)21-5-3-2-4-20(21)25/h2-9,14H,10-13,15H2,1H3. The van der Waals surface area contributed by atoms with Gasteiger partial charge < -0.3 is 9.80 Å². The molecule has 1 saturated heterocycles. The lowest BCUT2D eigenvalue weighted by Crippen LogP contribution is -2.48. The first-order valence-corrected chi connectivity index (χ1v) is 11.7. The lowest BCUT2D eigenvalue weighted by Gasteiger charge is -2.36. The van der Waals surface area contributed by atoms with Gasteiger partial charge >= 0.3 is 0 Å². The minimum Gasteiger partial charge on any atom is -0.367 e. The van der Waals surface area contributed by atoms with Gasteiger partial charge in [-0.1, -0.05) is 35.9 Å². The highest BCUT2D eigenvalue weighted by Gasteiger charge is 2.25. The van der Waals surface area contributed by atoms with E-state index in [9.17, 15) is 9.18 Å². The van der Waals surface area contributed by atoms with Crippen molar-refractivity contribution in [1.82, 2.24) is 14.7 Å². The quantitative estimate of drug-likeness (QED) is 0.413. The zero-order valence-corrected chi connectivity index (χ0v) is 19.2. The van der Waals surface area contributed by atoms with Crippen molar-refractivity contribution < 1.29 is 9.18 Å². The van der Waals surface area contributed by atoms with Crippen LogP contribution in [0.1, 0.15) is 20.9 Å². The molecule has 4 aromatic rings. The van der Waals surface area contributed by atoms with E-state index in [-0.39, 0.29) is 11.7 Å². The van der Waals surface area contributed by atoms with Crippen LogP contribution in [0.3, 0.4) is 0 Å². The maximum atomic E-state index is 13.2. The van der Waals surface area contributed by atoms with Crippen LogP contribution in [0.5, 0.6) is 0 Å². The number of aromatic nitrogens is 2. The van der Waals surface area contributed by atoms with Crippen LogP contribution in [0.15, 0.2) is 54.6 Å². The van der Waals surface area contributed by atoms with E-state index < -0.39 is 0 Å². The first-order chi connectivity index (χ1) is 15.5. The van der Waals surface area contributed by atoms with E-state index in [0.29, 0.717) is 19.6 Å². The lowest BCUT2D eigenvalue weighted by atomic mass is 10.2. The number of fused-ring (bicyclic) bond motifs is 1. The number of para-hydroxylation sites is 1. The molecule has 0 aliphatic carbocycles. The van der Waals surface area contributed by atoms with Gasteiger partial charge in [0.15, 0.2) is 0 Å². The maximum Gasteiger partial charge on any atom is 0.264 e. The molecule has 0 unspecified atom stereocenters. The van der Waals surface area contributed by atoms with Crippen LogP contribution >= 0.6 is 22.9 Å². The molecule has 8 heteroatoms. The lowest BCUT2D eigenvalue weighted by molar-refractivity contribution is 0.0752. The topological polar surface area (TPSA) is 41.4 Å². The fourth-order valence-electron chi connectivity index (χ4n) is 4.10.